The van der Waals surface area contributed by atoms with Gasteiger partial charge in [-0.05, 0) is 38.8 Å². The van der Waals surface area contributed by atoms with Gasteiger partial charge in [0.1, 0.15) is 5.75 Å². The van der Waals surface area contributed by atoms with Gasteiger partial charge in [0.25, 0.3) is 0 Å². The Morgan fingerprint density at radius 2 is 2.00 bits per heavy atom. The first-order chi connectivity index (χ1) is 5.74. The molecule has 0 atom stereocenters. The zero-order valence-corrected chi connectivity index (χ0v) is 7.71. The molecule has 1 nitrogen and oxygen atoms in total. The summed E-state index contributed by atoms with van der Waals surface area (Å²) in [5.41, 5.74) is 1.17. The van der Waals surface area contributed by atoms with Gasteiger partial charge in [-0.3, -0.25) is 0 Å². The summed E-state index contributed by atoms with van der Waals surface area (Å²) in [4.78, 5) is 0. The molecule has 0 saturated carbocycles. The molecular formula is C11H15O. The second-order valence-electron chi connectivity index (χ2n) is 3.02. The summed E-state index contributed by atoms with van der Waals surface area (Å²) in [5.74, 6) is 0.961. The molecule has 1 aromatic rings. The third kappa shape index (κ3) is 2.26. The Balaban J connectivity index is 2.82. The summed E-state index contributed by atoms with van der Waals surface area (Å²) >= 11 is 0. The maximum Gasteiger partial charge on any atom is 0.122 e. The van der Waals surface area contributed by atoms with Crippen LogP contribution < -0.4 is 4.74 Å². The minimum Gasteiger partial charge on any atom is -0.491 e. The Morgan fingerprint density at radius 3 is 2.58 bits per heavy atom. The quantitative estimate of drug-likeness (QED) is 0.665. The van der Waals surface area contributed by atoms with Crippen molar-refractivity contribution in [2.45, 2.75) is 26.4 Å². The highest BCUT2D eigenvalue weighted by Crippen LogP contribution is 2.19. The zero-order chi connectivity index (χ0) is 8.97. The van der Waals surface area contributed by atoms with Gasteiger partial charge in [-0.15, -0.1) is 0 Å². The van der Waals surface area contributed by atoms with E-state index in [1.54, 1.807) is 0 Å². The van der Waals surface area contributed by atoms with Crippen LogP contribution >= 0.6 is 0 Å². The number of rotatable bonds is 3. The number of para-hydroxylation sites is 1. The van der Waals surface area contributed by atoms with E-state index in [-0.39, 0.29) is 6.10 Å². The summed E-state index contributed by atoms with van der Waals surface area (Å²) in [6.07, 6.45) is 1.01. The van der Waals surface area contributed by atoms with E-state index >= 15 is 0 Å². The van der Waals surface area contributed by atoms with Gasteiger partial charge in [-0.1, -0.05) is 18.2 Å². The van der Waals surface area contributed by atoms with Crippen molar-refractivity contribution in [2.24, 2.45) is 0 Å². The average molecular weight is 163 g/mol. The molecule has 0 spiro atoms. The van der Waals surface area contributed by atoms with Crippen molar-refractivity contribution in [2.75, 3.05) is 0 Å². The lowest BCUT2D eigenvalue weighted by Gasteiger charge is -2.12. The molecule has 12 heavy (non-hydrogen) atoms. The Kier molecular flexibility index (Phi) is 3.15. The third-order valence-electron chi connectivity index (χ3n) is 1.60. The largest absolute Gasteiger partial charge is 0.491 e. The van der Waals surface area contributed by atoms with Crippen molar-refractivity contribution >= 4 is 0 Å². The topological polar surface area (TPSA) is 9.23 Å². The predicted octanol–water partition coefficient (Wildman–Crippen LogP) is 2.85. The van der Waals surface area contributed by atoms with Gasteiger partial charge < -0.3 is 4.74 Å². The normalized spacial score (nSPS) is 10.3. The fourth-order valence-electron chi connectivity index (χ4n) is 1.08. The molecule has 0 saturated heterocycles. The van der Waals surface area contributed by atoms with Crippen LogP contribution in [0.15, 0.2) is 24.3 Å². The first-order valence-electron chi connectivity index (χ1n) is 4.28. The SMILES string of the molecule is [CH2]Cc1ccccc1OC(C)C. The van der Waals surface area contributed by atoms with Crippen LogP contribution in [0.4, 0.5) is 0 Å². The van der Waals surface area contributed by atoms with Gasteiger partial charge in [0.05, 0.1) is 6.10 Å². The molecule has 1 rings (SSSR count). The van der Waals surface area contributed by atoms with E-state index in [4.69, 9.17) is 4.74 Å². The van der Waals surface area contributed by atoms with Gasteiger partial charge in [0.2, 0.25) is 0 Å². The Bertz CT molecular complexity index is 241. The van der Waals surface area contributed by atoms with Crippen molar-refractivity contribution in [1.29, 1.82) is 0 Å². The minimum atomic E-state index is 0.234. The molecule has 0 bridgehead atoms. The van der Waals surface area contributed by atoms with Crippen molar-refractivity contribution < 1.29 is 4.74 Å². The lowest BCUT2D eigenvalue weighted by Crippen LogP contribution is -2.07. The van der Waals surface area contributed by atoms with Gasteiger partial charge in [-0.2, -0.15) is 0 Å². The molecule has 1 aromatic carbocycles. The standard InChI is InChI=1S/C11H15O/c1-4-10-7-5-6-8-11(10)12-9(2)3/h5-9H,1,4H2,2-3H3. The van der Waals surface area contributed by atoms with E-state index in [1.165, 1.54) is 5.56 Å². The van der Waals surface area contributed by atoms with Crippen molar-refractivity contribution in [3.05, 3.63) is 36.8 Å². The molecular weight excluding hydrogens is 148 g/mol. The molecule has 0 amide bonds. The van der Waals surface area contributed by atoms with Crippen molar-refractivity contribution in [3.8, 4) is 5.75 Å². The Morgan fingerprint density at radius 1 is 1.33 bits per heavy atom. The van der Waals surface area contributed by atoms with Crippen LogP contribution in [-0.4, -0.2) is 6.10 Å². The highest BCUT2D eigenvalue weighted by Gasteiger charge is 2.01. The van der Waals surface area contributed by atoms with E-state index in [1.807, 2.05) is 38.1 Å². The van der Waals surface area contributed by atoms with Crippen LogP contribution in [0, 0.1) is 6.92 Å². The molecule has 0 fully saturated rings. The van der Waals surface area contributed by atoms with Gasteiger partial charge in [0, 0.05) is 0 Å². The fraction of sp³-hybridized carbons (Fsp3) is 0.364. The molecule has 0 aromatic heterocycles. The Labute approximate surface area is 74.4 Å². The molecule has 1 radical (unpaired) electrons. The number of hydrogen-bond donors (Lipinski definition) is 0. The summed E-state index contributed by atoms with van der Waals surface area (Å²) in [6.45, 7) is 7.90. The summed E-state index contributed by atoms with van der Waals surface area (Å²) < 4.78 is 5.60. The molecule has 0 N–H and O–H groups in total. The molecule has 0 heterocycles. The minimum absolute atomic E-state index is 0.234. The smallest absolute Gasteiger partial charge is 0.122 e. The lowest BCUT2D eigenvalue weighted by molar-refractivity contribution is 0.240. The van der Waals surface area contributed by atoms with E-state index in [0.717, 1.165) is 12.2 Å². The summed E-state index contributed by atoms with van der Waals surface area (Å²) in [7, 11) is 0. The molecule has 0 unspecified atom stereocenters. The first-order valence-corrected chi connectivity index (χ1v) is 4.28. The van der Waals surface area contributed by atoms with Crippen LogP contribution in [0.25, 0.3) is 0 Å². The molecule has 1 heteroatoms. The van der Waals surface area contributed by atoms with E-state index in [9.17, 15) is 0 Å². The lowest BCUT2D eigenvalue weighted by atomic mass is 10.1. The first kappa shape index (κ1) is 9.11. The number of ether oxygens (including phenoxy) is 1. The number of hydrogen-bond acceptors (Lipinski definition) is 1. The third-order valence-corrected chi connectivity index (χ3v) is 1.60. The maximum atomic E-state index is 5.60. The zero-order valence-electron chi connectivity index (χ0n) is 7.71. The van der Waals surface area contributed by atoms with Gasteiger partial charge >= 0.3 is 0 Å². The fourth-order valence-corrected chi connectivity index (χ4v) is 1.08. The molecule has 0 aliphatic heterocycles. The molecule has 65 valence electrons. The number of benzene rings is 1. The molecule has 0 aliphatic rings. The van der Waals surface area contributed by atoms with E-state index in [0.29, 0.717) is 0 Å². The van der Waals surface area contributed by atoms with Crippen molar-refractivity contribution in [3.63, 3.8) is 0 Å². The van der Waals surface area contributed by atoms with Crippen LogP contribution in [0.1, 0.15) is 19.4 Å². The van der Waals surface area contributed by atoms with Crippen LogP contribution in [0.2, 0.25) is 0 Å². The van der Waals surface area contributed by atoms with Crippen molar-refractivity contribution in [1.82, 2.24) is 0 Å². The second-order valence-corrected chi connectivity index (χ2v) is 3.02. The summed E-state index contributed by atoms with van der Waals surface area (Å²) in [6, 6.07) is 8.02. The van der Waals surface area contributed by atoms with E-state index in [2.05, 4.69) is 6.92 Å². The highest BCUT2D eigenvalue weighted by atomic mass is 16.5. The van der Waals surface area contributed by atoms with E-state index < -0.39 is 0 Å². The second kappa shape index (κ2) is 4.15. The molecule has 0 aliphatic carbocycles. The van der Waals surface area contributed by atoms with Crippen LogP contribution in [0.3, 0.4) is 0 Å². The average Bonchev–Trinajstić information content (AvgIpc) is 2.04. The maximum absolute atomic E-state index is 5.60. The van der Waals surface area contributed by atoms with Crippen LogP contribution in [-0.2, 0) is 6.42 Å². The van der Waals surface area contributed by atoms with Crippen LogP contribution in [0.5, 0.6) is 5.75 Å². The highest BCUT2D eigenvalue weighted by molar-refractivity contribution is 5.33. The van der Waals surface area contributed by atoms with Gasteiger partial charge in [0.15, 0.2) is 0 Å². The predicted molar refractivity (Wildman–Crippen MR) is 51.3 cm³/mol. The Hall–Kier alpha value is -0.980. The van der Waals surface area contributed by atoms with Gasteiger partial charge in [-0.25, -0.2) is 0 Å². The monoisotopic (exact) mass is 163 g/mol. The summed E-state index contributed by atoms with van der Waals surface area (Å²) in [5, 5.41) is 0.